The molecule has 0 aromatic heterocycles. The van der Waals surface area contributed by atoms with Crippen LogP contribution in [0.1, 0.15) is 0 Å². The van der Waals surface area contributed by atoms with Crippen LogP contribution in [0.4, 0.5) is 0 Å². The minimum atomic E-state index is -0.447. The molecule has 0 saturated heterocycles. The number of halogens is 1. The van der Waals surface area contributed by atoms with E-state index in [-0.39, 0.29) is 19.0 Å². The largest absolute Gasteiger partial charge is 0.347 e. The fourth-order valence-electron chi connectivity index (χ4n) is 0.423. The van der Waals surface area contributed by atoms with Gasteiger partial charge in [-0.15, -0.1) is 11.6 Å². The third-order valence-electron chi connectivity index (χ3n) is 0.925. The van der Waals surface area contributed by atoms with Gasteiger partial charge in [-0.25, -0.2) is 0 Å². The maximum Gasteiger partial charge on any atom is 0.239 e. The number of nitrogens with one attached hydrogen (secondary N) is 2. The summed E-state index contributed by atoms with van der Waals surface area (Å²) in [7, 11) is 0. The predicted molar refractivity (Wildman–Crippen MR) is 42.4 cm³/mol. The van der Waals surface area contributed by atoms with E-state index in [1.165, 1.54) is 6.29 Å². The molecule has 0 aliphatic carbocycles. The SMILES string of the molecule is O=[C]CNC(=O)CNC(=O)CCl. The Morgan fingerprint density at radius 2 is 1.92 bits per heavy atom. The first kappa shape index (κ1) is 10.9. The second-order valence-corrected chi connectivity index (χ2v) is 2.10. The van der Waals surface area contributed by atoms with Gasteiger partial charge < -0.3 is 10.6 Å². The van der Waals surface area contributed by atoms with Crippen molar-refractivity contribution in [3.05, 3.63) is 0 Å². The molecule has 12 heavy (non-hydrogen) atoms. The molecule has 1 radical (unpaired) electrons. The van der Waals surface area contributed by atoms with Crippen molar-refractivity contribution in [1.82, 2.24) is 10.6 Å². The Labute approximate surface area is 74.5 Å². The molecule has 5 nitrogen and oxygen atoms in total. The van der Waals surface area contributed by atoms with E-state index >= 15 is 0 Å². The zero-order valence-corrected chi connectivity index (χ0v) is 6.98. The van der Waals surface area contributed by atoms with Crippen LogP contribution >= 0.6 is 11.6 Å². The molecule has 0 unspecified atom stereocenters. The lowest BCUT2D eigenvalue weighted by atomic mass is 10.5. The van der Waals surface area contributed by atoms with Crippen molar-refractivity contribution in [3.63, 3.8) is 0 Å². The van der Waals surface area contributed by atoms with E-state index in [1.54, 1.807) is 0 Å². The van der Waals surface area contributed by atoms with E-state index < -0.39 is 11.8 Å². The Morgan fingerprint density at radius 3 is 2.42 bits per heavy atom. The third kappa shape index (κ3) is 5.67. The summed E-state index contributed by atoms with van der Waals surface area (Å²) < 4.78 is 0. The molecule has 6 heteroatoms. The van der Waals surface area contributed by atoms with Gasteiger partial charge in [-0.2, -0.15) is 0 Å². The van der Waals surface area contributed by atoms with Crippen LogP contribution in [0.3, 0.4) is 0 Å². The minimum absolute atomic E-state index is 0.171. The third-order valence-corrected chi connectivity index (χ3v) is 1.17. The van der Waals surface area contributed by atoms with Gasteiger partial charge in [0.05, 0.1) is 13.1 Å². The van der Waals surface area contributed by atoms with E-state index in [2.05, 4.69) is 10.6 Å². The second-order valence-electron chi connectivity index (χ2n) is 1.83. The molecule has 67 valence electrons. The van der Waals surface area contributed by atoms with E-state index in [0.717, 1.165) is 0 Å². The zero-order chi connectivity index (χ0) is 9.40. The number of hydrogen-bond acceptors (Lipinski definition) is 3. The molecule has 0 spiro atoms. The van der Waals surface area contributed by atoms with E-state index in [9.17, 15) is 14.4 Å². The normalized spacial score (nSPS) is 8.75. The van der Waals surface area contributed by atoms with Crippen LogP contribution in [-0.2, 0) is 14.4 Å². The van der Waals surface area contributed by atoms with Crippen molar-refractivity contribution in [2.45, 2.75) is 0 Å². The van der Waals surface area contributed by atoms with Gasteiger partial charge in [0.1, 0.15) is 5.88 Å². The molecule has 0 aromatic rings. The van der Waals surface area contributed by atoms with Crippen molar-refractivity contribution < 1.29 is 14.4 Å². The molecule has 0 aromatic carbocycles. The van der Waals surface area contributed by atoms with Crippen LogP contribution in [0.25, 0.3) is 0 Å². The van der Waals surface area contributed by atoms with Crippen LogP contribution in [-0.4, -0.2) is 37.1 Å². The van der Waals surface area contributed by atoms with Crippen LogP contribution in [0.2, 0.25) is 0 Å². The lowest BCUT2D eigenvalue weighted by molar-refractivity contribution is -0.124. The summed E-state index contributed by atoms with van der Waals surface area (Å²) in [6, 6.07) is 0. The van der Waals surface area contributed by atoms with Crippen molar-refractivity contribution in [3.8, 4) is 0 Å². The molecule has 2 N–H and O–H groups in total. The van der Waals surface area contributed by atoms with Crippen molar-refractivity contribution in [1.29, 1.82) is 0 Å². The first-order valence-electron chi connectivity index (χ1n) is 3.15. The maximum atomic E-state index is 10.7. The van der Waals surface area contributed by atoms with E-state index in [4.69, 9.17) is 11.6 Å². The van der Waals surface area contributed by atoms with Gasteiger partial charge in [-0.3, -0.25) is 14.4 Å². The summed E-state index contributed by atoms with van der Waals surface area (Å²) in [5.74, 6) is -1.06. The average Bonchev–Trinajstić information content (AvgIpc) is 2.10. The number of hydrogen-bond donors (Lipinski definition) is 2. The lowest BCUT2D eigenvalue weighted by Gasteiger charge is -2.01. The number of carbonyl (C=O) groups excluding carboxylic acids is 3. The first-order valence-corrected chi connectivity index (χ1v) is 3.68. The predicted octanol–water partition coefficient (Wildman–Crippen LogP) is -1.43. The Balaban J connectivity index is 3.43. The highest BCUT2D eigenvalue weighted by Crippen LogP contribution is 1.73. The summed E-state index contributed by atoms with van der Waals surface area (Å²) in [6.45, 7) is -0.344. The fraction of sp³-hybridized carbons (Fsp3) is 0.500. The molecule has 2 amide bonds. The zero-order valence-electron chi connectivity index (χ0n) is 6.22. The monoisotopic (exact) mass is 191 g/mol. The average molecular weight is 192 g/mol. The molecular weight excluding hydrogens is 184 g/mol. The molecular formula is C6H8ClN2O3. The molecule has 0 atom stereocenters. The highest BCUT2D eigenvalue weighted by atomic mass is 35.5. The molecule has 0 saturated carbocycles. The van der Waals surface area contributed by atoms with Crippen molar-refractivity contribution in [2.75, 3.05) is 19.0 Å². The Hall–Kier alpha value is -1.10. The van der Waals surface area contributed by atoms with Gasteiger partial charge in [0.15, 0.2) is 0 Å². The molecule has 0 aliphatic heterocycles. The highest BCUT2D eigenvalue weighted by Gasteiger charge is 2.02. The Kier molecular flexibility index (Phi) is 6.00. The van der Waals surface area contributed by atoms with E-state index in [0.29, 0.717) is 0 Å². The summed E-state index contributed by atoms with van der Waals surface area (Å²) in [5, 5.41) is 4.42. The summed E-state index contributed by atoms with van der Waals surface area (Å²) in [5.41, 5.74) is 0. The number of alkyl halides is 1. The number of carbonyl (C=O) groups is 2. The molecule has 0 bridgehead atoms. The van der Waals surface area contributed by atoms with E-state index in [1.807, 2.05) is 0 Å². The first-order chi connectivity index (χ1) is 5.70. The highest BCUT2D eigenvalue weighted by molar-refractivity contribution is 6.27. The summed E-state index contributed by atoms with van der Waals surface area (Å²) in [6.07, 6.45) is 1.48. The number of amides is 2. The molecule has 0 fully saturated rings. The van der Waals surface area contributed by atoms with Crippen molar-refractivity contribution >= 4 is 29.7 Å². The number of rotatable bonds is 5. The summed E-state index contributed by atoms with van der Waals surface area (Å²) in [4.78, 5) is 30.8. The fourth-order valence-corrected chi connectivity index (χ4v) is 0.518. The lowest BCUT2D eigenvalue weighted by Crippen LogP contribution is -2.37. The van der Waals surface area contributed by atoms with Crippen LogP contribution in [0.5, 0.6) is 0 Å². The maximum absolute atomic E-state index is 10.7. The quantitative estimate of drug-likeness (QED) is 0.523. The second kappa shape index (κ2) is 6.60. The van der Waals surface area contributed by atoms with Crippen LogP contribution in [0, 0.1) is 0 Å². The topological polar surface area (TPSA) is 75.3 Å². The molecule has 0 heterocycles. The van der Waals surface area contributed by atoms with Gasteiger partial charge in [0.2, 0.25) is 18.1 Å². The minimum Gasteiger partial charge on any atom is -0.347 e. The molecule has 0 aliphatic rings. The smallest absolute Gasteiger partial charge is 0.239 e. The van der Waals surface area contributed by atoms with Gasteiger partial charge in [0, 0.05) is 0 Å². The van der Waals surface area contributed by atoms with Crippen LogP contribution in [0.15, 0.2) is 0 Å². The Morgan fingerprint density at radius 1 is 1.25 bits per heavy atom. The standard InChI is InChI=1S/C6H8ClN2O3/c7-3-5(11)9-4-6(12)8-1-2-10/h1,3-4H2,(H,8,12)(H,9,11). The van der Waals surface area contributed by atoms with Crippen molar-refractivity contribution in [2.24, 2.45) is 0 Å². The van der Waals surface area contributed by atoms with Gasteiger partial charge in [-0.05, 0) is 0 Å². The van der Waals surface area contributed by atoms with Gasteiger partial charge in [0.25, 0.3) is 0 Å². The molecule has 0 rings (SSSR count). The van der Waals surface area contributed by atoms with Gasteiger partial charge in [-0.1, -0.05) is 0 Å². The summed E-state index contributed by atoms with van der Waals surface area (Å²) >= 11 is 5.13. The Bertz CT molecular complexity index is 184. The van der Waals surface area contributed by atoms with Gasteiger partial charge >= 0.3 is 0 Å². The van der Waals surface area contributed by atoms with Crippen LogP contribution < -0.4 is 10.6 Å².